The Bertz CT molecular complexity index is 1210. The summed E-state index contributed by atoms with van der Waals surface area (Å²) in [6.07, 6.45) is 3.11. The monoisotopic (exact) mass is 422 g/mol. The van der Waals surface area contributed by atoms with Crippen LogP contribution >= 0.6 is 23.2 Å². The Labute approximate surface area is 179 Å². The first-order valence-corrected chi connectivity index (χ1v) is 10.5. The number of benzene rings is 2. The molecule has 1 aliphatic heterocycles. The van der Waals surface area contributed by atoms with E-state index < -0.39 is 0 Å². The van der Waals surface area contributed by atoms with Crippen LogP contribution in [0, 0.1) is 5.41 Å². The van der Waals surface area contributed by atoms with E-state index >= 15 is 0 Å². The molecule has 0 amide bonds. The molecule has 5 heteroatoms. The molecule has 0 spiro atoms. The molecule has 1 aromatic heterocycles. The predicted octanol–water partition coefficient (Wildman–Crippen LogP) is 6.74. The number of hydrogen-bond donors (Lipinski definition) is 1. The van der Waals surface area contributed by atoms with Crippen LogP contribution in [0.25, 0.3) is 10.9 Å². The first-order chi connectivity index (χ1) is 13.9. The Morgan fingerprint density at radius 1 is 1.07 bits per heavy atom. The molecular formula is C24H20Cl2N2O. The van der Waals surface area contributed by atoms with Crippen molar-refractivity contribution in [2.24, 2.45) is 5.41 Å². The maximum Gasteiger partial charge on any atom is 0.162 e. The summed E-state index contributed by atoms with van der Waals surface area (Å²) < 4.78 is 0. The first-order valence-electron chi connectivity index (χ1n) is 9.70. The largest absolute Gasteiger partial charge is 0.358 e. The Morgan fingerprint density at radius 2 is 1.90 bits per heavy atom. The van der Waals surface area contributed by atoms with Crippen molar-refractivity contribution in [3.05, 3.63) is 81.1 Å². The first kappa shape index (κ1) is 18.7. The molecule has 146 valence electrons. The number of carbonyl (C=O) groups is 1. The molecule has 1 unspecified atom stereocenters. The molecule has 2 aliphatic rings. The summed E-state index contributed by atoms with van der Waals surface area (Å²) in [7, 11) is 0. The van der Waals surface area contributed by atoms with Gasteiger partial charge < -0.3 is 5.32 Å². The quantitative estimate of drug-likeness (QED) is 0.471. The van der Waals surface area contributed by atoms with Gasteiger partial charge in [0.15, 0.2) is 5.78 Å². The number of ketones is 1. The van der Waals surface area contributed by atoms with Crippen LogP contribution in [-0.2, 0) is 4.79 Å². The lowest BCUT2D eigenvalue weighted by Crippen LogP contribution is -2.34. The maximum atomic E-state index is 13.4. The number of pyridine rings is 1. The van der Waals surface area contributed by atoms with Gasteiger partial charge in [0, 0.05) is 40.9 Å². The topological polar surface area (TPSA) is 42.0 Å². The average Bonchev–Trinajstić information content (AvgIpc) is 2.67. The third-order valence-electron chi connectivity index (χ3n) is 5.90. The van der Waals surface area contributed by atoms with Crippen LogP contribution in [0.2, 0.25) is 10.0 Å². The molecule has 1 N–H and O–H groups in total. The third kappa shape index (κ3) is 2.95. The SMILES string of the molecule is CC1(C)CC(=O)C2=C(C1)Nc1ccc3ncccc3c1C2c1cccc(Cl)c1Cl. The molecule has 0 saturated heterocycles. The van der Waals surface area contributed by atoms with Crippen LogP contribution < -0.4 is 5.32 Å². The molecule has 5 rings (SSSR count). The van der Waals surface area contributed by atoms with Crippen LogP contribution in [0.15, 0.2) is 59.9 Å². The van der Waals surface area contributed by atoms with E-state index in [1.807, 2.05) is 30.3 Å². The highest BCUT2D eigenvalue weighted by molar-refractivity contribution is 6.42. The molecule has 2 aromatic carbocycles. The van der Waals surface area contributed by atoms with Crippen molar-refractivity contribution in [2.75, 3.05) is 5.32 Å². The number of allylic oxidation sites excluding steroid dienone is 2. The van der Waals surface area contributed by atoms with Crippen molar-refractivity contribution < 1.29 is 4.79 Å². The average molecular weight is 423 g/mol. The fraction of sp³-hybridized carbons (Fsp3) is 0.250. The number of hydrogen-bond acceptors (Lipinski definition) is 3. The van der Waals surface area contributed by atoms with E-state index in [1.165, 1.54) is 0 Å². The van der Waals surface area contributed by atoms with E-state index in [9.17, 15) is 4.79 Å². The third-order valence-corrected chi connectivity index (χ3v) is 6.74. The number of nitrogens with zero attached hydrogens (tertiary/aromatic N) is 1. The molecule has 1 atom stereocenters. The molecule has 0 saturated carbocycles. The van der Waals surface area contributed by atoms with Gasteiger partial charge in [-0.05, 0) is 47.2 Å². The van der Waals surface area contributed by atoms with E-state index in [1.54, 1.807) is 12.3 Å². The highest BCUT2D eigenvalue weighted by Gasteiger charge is 2.41. The summed E-state index contributed by atoms with van der Waals surface area (Å²) in [6.45, 7) is 4.27. The van der Waals surface area contributed by atoms with Crippen molar-refractivity contribution in [3.63, 3.8) is 0 Å². The van der Waals surface area contributed by atoms with Crippen molar-refractivity contribution in [3.8, 4) is 0 Å². The summed E-state index contributed by atoms with van der Waals surface area (Å²) in [5.41, 5.74) is 5.49. The summed E-state index contributed by atoms with van der Waals surface area (Å²) in [5, 5.41) is 5.57. The normalized spacial score (nSPS) is 20.3. The van der Waals surface area contributed by atoms with Crippen molar-refractivity contribution in [1.29, 1.82) is 0 Å². The number of Topliss-reactive ketones (excluding diaryl/α,β-unsaturated/α-hetero) is 1. The number of anilines is 1. The van der Waals surface area contributed by atoms with Crippen LogP contribution in [0.3, 0.4) is 0 Å². The molecule has 2 heterocycles. The molecular weight excluding hydrogens is 403 g/mol. The second-order valence-corrected chi connectivity index (χ2v) is 9.42. The Hall–Kier alpha value is -2.36. The van der Waals surface area contributed by atoms with E-state index in [0.717, 1.165) is 45.4 Å². The minimum atomic E-state index is -0.274. The molecule has 1 aliphatic carbocycles. The van der Waals surface area contributed by atoms with Gasteiger partial charge in [-0.25, -0.2) is 0 Å². The fourth-order valence-electron chi connectivity index (χ4n) is 4.74. The number of nitrogens with one attached hydrogen (secondary N) is 1. The lowest BCUT2D eigenvalue weighted by molar-refractivity contribution is -0.118. The van der Waals surface area contributed by atoms with Gasteiger partial charge in [-0.2, -0.15) is 0 Å². The van der Waals surface area contributed by atoms with E-state index in [-0.39, 0.29) is 17.1 Å². The molecule has 29 heavy (non-hydrogen) atoms. The second-order valence-electron chi connectivity index (χ2n) is 8.63. The van der Waals surface area contributed by atoms with Gasteiger partial charge in [-0.1, -0.05) is 55.2 Å². The van der Waals surface area contributed by atoms with E-state index in [4.69, 9.17) is 23.2 Å². The molecule has 0 bridgehead atoms. The standard InChI is InChI=1S/C24H20Cl2N2O/c1-24(2)11-18-22(19(29)12-24)21(14-5-3-7-15(25)23(14)26)20-13-6-4-10-27-16(13)8-9-17(20)28-18/h3-10,21,28H,11-12H2,1-2H3. The highest BCUT2D eigenvalue weighted by atomic mass is 35.5. The molecule has 0 radical (unpaired) electrons. The zero-order valence-electron chi connectivity index (χ0n) is 16.2. The minimum absolute atomic E-state index is 0.0818. The predicted molar refractivity (Wildman–Crippen MR) is 119 cm³/mol. The summed E-state index contributed by atoms with van der Waals surface area (Å²) >= 11 is 13.1. The highest BCUT2D eigenvalue weighted by Crippen LogP contribution is 2.52. The number of halogens is 2. The number of rotatable bonds is 1. The maximum absolute atomic E-state index is 13.4. The van der Waals surface area contributed by atoms with Gasteiger partial charge in [0.25, 0.3) is 0 Å². The van der Waals surface area contributed by atoms with Gasteiger partial charge in [-0.3, -0.25) is 9.78 Å². The number of carbonyl (C=O) groups excluding carboxylic acids is 1. The molecule has 3 aromatic rings. The zero-order chi connectivity index (χ0) is 20.3. The summed E-state index contributed by atoms with van der Waals surface area (Å²) in [4.78, 5) is 17.9. The van der Waals surface area contributed by atoms with Crippen molar-refractivity contribution >= 4 is 45.6 Å². The lowest BCUT2D eigenvalue weighted by Gasteiger charge is -2.40. The molecule has 3 nitrogen and oxygen atoms in total. The summed E-state index contributed by atoms with van der Waals surface area (Å²) in [6, 6.07) is 13.7. The minimum Gasteiger partial charge on any atom is -0.358 e. The van der Waals surface area contributed by atoms with Crippen LogP contribution in [0.1, 0.15) is 43.7 Å². The van der Waals surface area contributed by atoms with Crippen LogP contribution in [0.4, 0.5) is 5.69 Å². The number of aromatic nitrogens is 1. The van der Waals surface area contributed by atoms with Gasteiger partial charge in [0.2, 0.25) is 0 Å². The zero-order valence-corrected chi connectivity index (χ0v) is 17.7. The van der Waals surface area contributed by atoms with Gasteiger partial charge in [-0.15, -0.1) is 0 Å². The molecule has 0 fully saturated rings. The Balaban J connectivity index is 1.86. The van der Waals surface area contributed by atoms with E-state index in [0.29, 0.717) is 16.5 Å². The number of fused-ring (bicyclic) bond motifs is 3. The van der Waals surface area contributed by atoms with Gasteiger partial charge in [0.05, 0.1) is 15.6 Å². The van der Waals surface area contributed by atoms with Gasteiger partial charge >= 0.3 is 0 Å². The second kappa shape index (κ2) is 6.58. The van der Waals surface area contributed by atoms with Gasteiger partial charge in [0.1, 0.15) is 0 Å². The fourth-order valence-corrected chi connectivity index (χ4v) is 5.15. The smallest absolute Gasteiger partial charge is 0.162 e. The Morgan fingerprint density at radius 3 is 2.72 bits per heavy atom. The summed E-state index contributed by atoms with van der Waals surface area (Å²) in [5.74, 6) is -0.111. The van der Waals surface area contributed by atoms with Crippen molar-refractivity contribution in [1.82, 2.24) is 4.98 Å². The van der Waals surface area contributed by atoms with E-state index in [2.05, 4.69) is 30.2 Å². The van der Waals surface area contributed by atoms with Crippen molar-refractivity contribution in [2.45, 2.75) is 32.6 Å². The van der Waals surface area contributed by atoms with Crippen LogP contribution in [-0.4, -0.2) is 10.8 Å². The van der Waals surface area contributed by atoms with Crippen LogP contribution in [0.5, 0.6) is 0 Å². The Kier molecular flexibility index (Phi) is 4.23. The lowest BCUT2D eigenvalue weighted by atomic mass is 9.68.